The number of methoxy groups -OCH3 is 2. The summed E-state index contributed by atoms with van der Waals surface area (Å²) in [5.74, 6) is 1.04. The van der Waals surface area contributed by atoms with Gasteiger partial charge < -0.3 is 14.8 Å². The summed E-state index contributed by atoms with van der Waals surface area (Å²) in [4.78, 5) is 14.7. The smallest absolute Gasteiger partial charge is 0.243 e. The molecule has 8 nitrogen and oxygen atoms in total. The van der Waals surface area contributed by atoms with E-state index in [4.69, 9.17) is 9.47 Å². The van der Waals surface area contributed by atoms with Gasteiger partial charge in [0.05, 0.1) is 31.3 Å². The molecule has 0 aromatic heterocycles. The van der Waals surface area contributed by atoms with E-state index in [0.717, 1.165) is 0 Å². The van der Waals surface area contributed by atoms with Crippen molar-refractivity contribution in [3.05, 3.63) is 48.5 Å². The molecule has 1 amide bonds. The zero-order valence-electron chi connectivity index (χ0n) is 17.2. The molecule has 162 valence electrons. The van der Waals surface area contributed by atoms with Crippen LogP contribution in [0, 0.1) is 0 Å². The minimum absolute atomic E-state index is 0.161. The van der Waals surface area contributed by atoms with E-state index in [2.05, 4.69) is 5.32 Å². The lowest BCUT2D eigenvalue weighted by atomic mass is 10.3. The van der Waals surface area contributed by atoms with Crippen molar-refractivity contribution in [2.45, 2.75) is 11.3 Å². The highest BCUT2D eigenvalue weighted by Gasteiger charge is 2.27. The second-order valence-corrected chi connectivity index (χ2v) is 8.90. The molecule has 1 saturated heterocycles. The van der Waals surface area contributed by atoms with Gasteiger partial charge in [0.1, 0.15) is 11.5 Å². The van der Waals surface area contributed by atoms with E-state index in [1.54, 1.807) is 43.5 Å². The van der Waals surface area contributed by atoms with Crippen molar-refractivity contribution in [3.63, 3.8) is 0 Å². The number of nitrogens with one attached hydrogen (secondary N) is 1. The number of carbonyl (C=O) groups excluding carboxylic acids is 1. The third-order valence-electron chi connectivity index (χ3n) is 4.99. The molecular formula is C21H27N3O5S. The largest absolute Gasteiger partial charge is 0.497 e. The van der Waals surface area contributed by atoms with E-state index < -0.39 is 10.0 Å². The van der Waals surface area contributed by atoms with E-state index in [1.807, 2.05) is 17.0 Å². The lowest BCUT2D eigenvalue weighted by molar-refractivity contribution is -0.117. The molecule has 30 heavy (non-hydrogen) atoms. The molecule has 0 atom stereocenters. The summed E-state index contributed by atoms with van der Waals surface area (Å²) in [6.45, 7) is 2.06. The topological polar surface area (TPSA) is 88.2 Å². The van der Waals surface area contributed by atoms with E-state index in [1.165, 1.54) is 11.4 Å². The van der Waals surface area contributed by atoms with Gasteiger partial charge in [0.2, 0.25) is 15.9 Å². The van der Waals surface area contributed by atoms with Gasteiger partial charge in [0.25, 0.3) is 0 Å². The van der Waals surface area contributed by atoms with Crippen molar-refractivity contribution in [1.82, 2.24) is 9.21 Å². The molecule has 0 bridgehead atoms. The molecule has 1 N–H and O–H groups in total. The summed E-state index contributed by atoms with van der Waals surface area (Å²) in [6, 6.07) is 13.6. The van der Waals surface area contributed by atoms with Gasteiger partial charge in [0.15, 0.2) is 0 Å². The second kappa shape index (κ2) is 9.92. The molecule has 3 rings (SSSR count). The molecular weight excluding hydrogens is 406 g/mol. The van der Waals surface area contributed by atoms with Crippen LogP contribution >= 0.6 is 0 Å². The van der Waals surface area contributed by atoms with Gasteiger partial charge in [0, 0.05) is 19.6 Å². The number of rotatable bonds is 7. The van der Waals surface area contributed by atoms with Gasteiger partial charge in [-0.15, -0.1) is 0 Å². The molecule has 2 aromatic carbocycles. The number of anilines is 1. The van der Waals surface area contributed by atoms with Crippen LogP contribution in [0.1, 0.15) is 6.42 Å². The van der Waals surface area contributed by atoms with Gasteiger partial charge in [-0.2, -0.15) is 4.31 Å². The summed E-state index contributed by atoms with van der Waals surface area (Å²) in [7, 11) is -0.494. The summed E-state index contributed by atoms with van der Waals surface area (Å²) in [6.07, 6.45) is 0.650. The molecule has 9 heteroatoms. The van der Waals surface area contributed by atoms with Crippen molar-refractivity contribution in [3.8, 4) is 11.5 Å². The number of ether oxygens (including phenoxy) is 2. The minimum atomic E-state index is -3.59. The molecule has 0 radical (unpaired) electrons. The highest BCUT2D eigenvalue weighted by molar-refractivity contribution is 7.89. The van der Waals surface area contributed by atoms with E-state index in [-0.39, 0.29) is 17.3 Å². The fourth-order valence-corrected chi connectivity index (χ4v) is 4.85. The Balaban J connectivity index is 1.59. The highest BCUT2D eigenvalue weighted by Crippen LogP contribution is 2.23. The first-order valence-corrected chi connectivity index (χ1v) is 11.2. The number of carbonyl (C=O) groups is 1. The lowest BCUT2D eigenvalue weighted by Gasteiger charge is -2.21. The number of hydrogen-bond acceptors (Lipinski definition) is 6. The van der Waals surface area contributed by atoms with Crippen molar-refractivity contribution < 1.29 is 22.7 Å². The second-order valence-electron chi connectivity index (χ2n) is 6.96. The zero-order chi connectivity index (χ0) is 21.6. The number of nitrogens with zero attached hydrogens (tertiary/aromatic N) is 2. The Hall–Kier alpha value is -2.62. The quantitative estimate of drug-likeness (QED) is 0.719. The maximum atomic E-state index is 13.0. The SMILES string of the molecule is COc1ccc(S(=O)(=O)N2CCCN(CC(=O)Nc3ccccc3OC)CC2)cc1. The third kappa shape index (κ3) is 5.29. The van der Waals surface area contributed by atoms with Crippen molar-refractivity contribution >= 4 is 21.6 Å². The van der Waals surface area contributed by atoms with Crippen LogP contribution in [-0.2, 0) is 14.8 Å². The van der Waals surface area contributed by atoms with Crippen molar-refractivity contribution in [2.75, 3.05) is 52.3 Å². The number of hydrogen-bond donors (Lipinski definition) is 1. The van der Waals surface area contributed by atoms with E-state index in [9.17, 15) is 13.2 Å². The van der Waals surface area contributed by atoms with Gasteiger partial charge >= 0.3 is 0 Å². The van der Waals surface area contributed by atoms with Crippen LogP contribution < -0.4 is 14.8 Å². The third-order valence-corrected chi connectivity index (χ3v) is 6.91. The van der Waals surface area contributed by atoms with Crippen LogP contribution in [0.3, 0.4) is 0 Å². The first kappa shape index (κ1) is 22.1. The van der Waals surface area contributed by atoms with E-state index in [0.29, 0.717) is 49.8 Å². The Morgan fingerprint density at radius 3 is 2.40 bits per heavy atom. The number of sulfonamides is 1. The maximum Gasteiger partial charge on any atom is 0.243 e. The normalized spacial score (nSPS) is 15.9. The molecule has 1 heterocycles. The van der Waals surface area contributed by atoms with Crippen LogP contribution in [0.4, 0.5) is 5.69 Å². The van der Waals surface area contributed by atoms with Gasteiger partial charge in [-0.1, -0.05) is 12.1 Å². The molecule has 1 aliphatic rings. The van der Waals surface area contributed by atoms with Crippen molar-refractivity contribution in [2.24, 2.45) is 0 Å². The Bertz CT molecular complexity index is 963. The number of benzene rings is 2. The Labute approximate surface area is 177 Å². The maximum absolute atomic E-state index is 13.0. The van der Waals surface area contributed by atoms with Crippen LogP contribution in [0.15, 0.2) is 53.4 Å². The summed E-state index contributed by atoms with van der Waals surface area (Å²) in [5.41, 5.74) is 0.614. The Kier molecular flexibility index (Phi) is 7.30. The van der Waals surface area contributed by atoms with E-state index >= 15 is 0 Å². The molecule has 0 spiro atoms. The predicted octanol–water partition coefficient (Wildman–Crippen LogP) is 2.04. The van der Waals surface area contributed by atoms with Crippen LogP contribution in [0.5, 0.6) is 11.5 Å². The molecule has 1 aliphatic heterocycles. The number of para-hydroxylation sites is 2. The van der Waals surface area contributed by atoms with Crippen LogP contribution in [-0.4, -0.2) is 70.5 Å². The highest BCUT2D eigenvalue weighted by atomic mass is 32.2. The molecule has 0 unspecified atom stereocenters. The number of amides is 1. The van der Waals surface area contributed by atoms with Gasteiger partial charge in [-0.3, -0.25) is 9.69 Å². The standard InChI is InChI=1S/C21H27N3O5S/c1-28-17-8-10-18(11-9-17)30(26,27)24-13-5-12-23(14-15-24)16-21(25)22-19-6-3-4-7-20(19)29-2/h3-4,6-11H,5,12-16H2,1-2H3,(H,22,25). The Morgan fingerprint density at radius 1 is 0.967 bits per heavy atom. The van der Waals surface area contributed by atoms with Gasteiger partial charge in [-0.05, 0) is 49.4 Å². The average molecular weight is 434 g/mol. The zero-order valence-corrected chi connectivity index (χ0v) is 18.0. The first-order valence-electron chi connectivity index (χ1n) is 9.73. The summed E-state index contributed by atoms with van der Waals surface area (Å²) >= 11 is 0. The van der Waals surface area contributed by atoms with Crippen molar-refractivity contribution in [1.29, 1.82) is 0 Å². The minimum Gasteiger partial charge on any atom is -0.497 e. The summed E-state index contributed by atoms with van der Waals surface area (Å²) < 4.78 is 37.7. The monoisotopic (exact) mass is 433 g/mol. The lowest BCUT2D eigenvalue weighted by Crippen LogP contribution is -2.38. The molecule has 0 saturated carbocycles. The van der Waals surface area contributed by atoms with Gasteiger partial charge in [-0.25, -0.2) is 8.42 Å². The molecule has 1 fully saturated rings. The fraction of sp³-hybridized carbons (Fsp3) is 0.381. The van der Waals surface area contributed by atoms with Crippen LogP contribution in [0.25, 0.3) is 0 Å². The molecule has 0 aliphatic carbocycles. The first-order chi connectivity index (χ1) is 14.4. The van der Waals surface area contributed by atoms with Crippen LogP contribution in [0.2, 0.25) is 0 Å². The average Bonchev–Trinajstić information content (AvgIpc) is 3.00. The molecule has 2 aromatic rings. The fourth-order valence-electron chi connectivity index (χ4n) is 3.38. The Morgan fingerprint density at radius 2 is 1.70 bits per heavy atom. The summed E-state index contributed by atoms with van der Waals surface area (Å²) in [5, 5.41) is 2.86. The predicted molar refractivity (Wildman–Crippen MR) is 114 cm³/mol.